The first-order valence-corrected chi connectivity index (χ1v) is 10.3. The van der Waals surface area contributed by atoms with Crippen LogP contribution in [0.3, 0.4) is 0 Å². The van der Waals surface area contributed by atoms with Crippen molar-refractivity contribution in [3.05, 3.63) is 6.42 Å². The van der Waals surface area contributed by atoms with E-state index in [9.17, 15) is 0 Å². The zero-order chi connectivity index (χ0) is 14.8. The van der Waals surface area contributed by atoms with Crippen LogP contribution in [0.25, 0.3) is 0 Å². The van der Waals surface area contributed by atoms with Gasteiger partial charge in [0, 0.05) is 0 Å². The highest BCUT2D eigenvalue weighted by Gasteiger charge is 1.97. The molecule has 1 aliphatic carbocycles. The van der Waals surface area contributed by atoms with Crippen LogP contribution in [0, 0.1) is 6.42 Å². The van der Waals surface area contributed by atoms with Gasteiger partial charge in [0.1, 0.15) is 0 Å². The van der Waals surface area contributed by atoms with Crippen LogP contribution < -0.4 is 0 Å². The van der Waals surface area contributed by atoms with Gasteiger partial charge in [0.2, 0.25) is 0 Å². The number of rotatable bonds is 0. The molecule has 0 nitrogen and oxygen atoms in total. The molecule has 0 heterocycles. The molecule has 21 heavy (non-hydrogen) atoms. The average Bonchev–Trinajstić information content (AvgIpc) is 2.50. The molecule has 0 spiro atoms. The molecule has 1 aliphatic rings. The molecule has 125 valence electrons. The van der Waals surface area contributed by atoms with Crippen molar-refractivity contribution in [3.8, 4) is 0 Å². The van der Waals surface area contributed by atoms with Gasteiger partial charge in [-0.2, -0.15) is 0 Å². The maximum absolute atomic E-state index is 2.56. The second-order valence-electron chi connectivity index (χ2n) is 7.23. The molecular formula is C21H41. The Hall–Kier alpha value is 0. The average molecular weight is 294 g/mol. The Balaban J connectivity index is 2.00. The van der Waals surface area contributed by atoms with Crippen molar-refractivity contribution in [3.63, 3.8) is 0 Å². The molecule has 0 aromatic rings. The lowest BCUT2D eigenvalue weighted by Gasteiger charge is -2.03. The third-order valence-electron chi connectivity index (χ3n) is 5.07. The largest absolute Gasteiger partial charge is 0.0533 e. The summed E-state index contributed by atoms with van der Waals surface area (Å²) >= 11 is 0. The van der Waals surface area contributed by atoms with Crippen LogP contribution in [0.4, 0.5) is 0 Å². The Morgan fingerprint density at radius 3 is 0.667 bits per heavy atom. The Morgan fingerprint density at radius 2 is 0.429 bits per heavy atom. The van der Waals surface area contributed by atoms with Crippen molar-refractivity contribution in [2.24, 2.45) is 0 Å². The predicted octanol–water partition coefficient (Wildman–Crippen LogP) is 8.01. The van der Waals surface area contributed by atoms with E-state index in [0.717, 1.165) is 0 Å². The van der Waals surface area contributed by atoms with Crippen LogP contribution in [0.5, 0.6) is 0 Å². The van der Waals surface area contributed by atoms with E-state index in [1.807, 2.05) is 0 Å². The summed E-state index contributed by atoms with van der Waals surface area (Å²) in [6.07, 6.45) is 32.0. The molecule has 1 radical (unpaired) electrons. The van der Waals surface area contributed by atoms with Gasteiger partial charge in [0.15, 0.2) is 0 Å². The Kier molecular flexibility index (Phi) is 14.8. The second-order valence-corrected chi connectivity index (χ2v) is 7.23. The summed E-state index contributed by atoms with van der Waals surface area (Å²) in [7, 11) is 0. The van der Waals surface area contributed by atoms with E-state index >= 15 is 0 Å². The highest BCUT2D eigenvalue weighted by Crippen LogP contribution is 2.16. The standard InChI is InChI=1S/C21H41/c1-2-4-6-8-10-12-14-16-18-20-21-19-17-15-13-11-9-7-5-3-1/h1H,2-21H2. The topological polar surface area (TPSA) is 0 Å². The lowest BCUT2D eigenvalue weighted by atomic mass is 10.0. The van der Waals surface area contributed by atoms with Crippen LogP contribution in [0.1, 0.15) is 128 Å². The van der Waals surface area contributed by atoms with Gasteiger partial charge in [-0.15, -0.1) is 0 Å². The minimum Gasteiger partial charge on any atom is -0.0533 e. The number of hydrogen-bond donors (Lipinski definition) is 0. The first-order valence-electron chi connectivity index (χ1n) is 10.3. The summed E-state index contributed by atoms with van der Waals surface area (Å²) in [4.78, 5) is 0. The molecule has 0 atom stereocenters. The highest BCUT2D eigenvalue weighted by molar-refractivity contribution is 4.64. The van der Waals surface area contributed by atoms with Crippen LogP contribution in [0.2, 0.25) is 0 Å². The van der Waals surface area contributed by atoms with E-state index in [1.165, 1.54) is 128 Å². The van der Waals surface area contributed by atoms with Crippen molar-refractivity contribution in [1.82, 2.24) is 0 Å². The van der Waals surface area contributed by atoms with Crippen molar-refractivity contribution < 1.29 is 0 Å². The molecular weight excluding hydrogens is 252 g/mol. The fourth-order valence-corrected chi connectivity index (χ4v) is 3.55. The van der Waals surface area contributed by atoms with Gasteiger partial charge in [-0.3, -0.25) is 0 Å². The first-order chi connectivity index (χ1) is 10.5. The Bertz CT molecular complexity index is 92.2. The van der Waals surface area contributed by atoms with Gasteiger partial charge in [-0.1, -0.05) is 128 Å². The van der Waals surface area contributed by atoms with Crippen molar-refractivity contribution >= 4 is 0 Å². The Morgan fingerprint density at radius 1 is 0.238 bits per heavy atom. The molecule has 0 amide bonds. The minimum absolute atomic E-state index is 1.38. The van der Waals surface area contributed by atoms with Crippen LogP contribution in [0.15, 0.2) is 0 Å². The molecule has 1 rings (SSSR count). The summed E-state index contributed by atoms with van der Waals surface area (Å²) in [6, 6.07) is 0. The SMILES string of the molecule is [CH]1CCCCCCCCCCCCCCCCCCCC1. The van der Waals surface area contributed by atoms with E-state index in [2.05, 4.69) is 6.42 Å². The summed E-state index contributed by atoms with van der Waals surface area (Å²) in [5.41, 5.74) is 0. The lowest BCUT2D eigenvalue weighted by molar-refractivity contribution is 0.526. The molecule has 1 fully saturated rings. The molecule has 0 heteroatoms. The zero-order valence-corrected chi connectivity index (χ0v) is 14.7. The molecule has 0 saturated heterocycles. The fraction of sp³-hybridized carbons (Fsp3) is 0.952. The maximum Gasteiger partial charge on any atom is -0.0386 e. The molecule has 0 N–H and O–H groups in total. The molecule has 1 saturated carbocycles. The smallest absolute Gasteiger partial charge is 0.0386 e. The van der Waals surface area contributed by atoms with E-state index < -0.39 is 0 Å². The van der Waals surface area contributed by atoms with Crippen molar-refractivity contribution in [2.75, 3.05) is 0 Å². The van der Waals surface area contributed by atoms with Gasteiger partial charge in [0.05, 0.1) is 0 Å². The van der Waals surface area contributed by atoms with Gasteiger partial charge < -0.3 is 0 Å². The van der Waals surface area contributed by atoms with Crippen LogP contribution in [-0.2, 0) is 0 Å². The molecule has 0 aromatic carbocycles. The third-order valence-corrected chi connectivity index (χ3v) is 5.07. The van der Waals surface area contributed by atoms with E-state index in [4.69, 9.17) is 0 Å². The van der Waals surface area contributed by atoms with Crippen LogP contribution in [-0.4, -0.2) is 0 Å². The molecule has 0 unspecified atom stereocenters. The zero-order valence-electron chi connectivity index (χ0n) is 14.7. The maximum atomic E-state index is 2.56. The summed E-state index contributed by atoms with van der Waals surface area (Å²) in [5.74, 6) is 0. The number of hydrogen-bond acceptors (Lipinski definition) is 0. The van der Waals surface area contributed by atoms with E-state index in [0.29, 0.717) is 0 Å². The van der Waals surface area contributed by atoms with E-state index in [-0.39, 0.29) is 0 Å². The summed E-state index contributed by atoms with van der Waals surface area (Å²) < 4.78 is 0. The van der Waals surface area contributed by atoms with Crippen LogP contribution >= 0.6 is 0 Å². The monoisotopic (exact) mass is 293 g/mol. The molecule has 0 bridgehead atoms. The van der Waals surface area contributed by atoms with Gasteiger partial charge >= 0.3 is 0 Å². The Labute approximate surface area is 135 Å². The third kappa shape index (κ3) is 14.7. The first kappa shape index (κ1) is 19.0. The lowest BCUT2D eigenvalue weighted by Crippen LogP contribution is -1.84. The minimum atomic E-state index is 1.38. The summed E-state index contributed by atoms with van der Waals surface area (Å²) in [5, 5.41) is 0. The highest BCUT2D eigenvalue weighted by atomic mass is 14.0. The molecule has 0 aromatic heterocycles. The quantitative estimate of drug-likeness (QED) is 0.424. The van der Waals surface area contributed by atoms with Gasteiger partial charge in [0.25, 0.3) is 0 Å². The summed E-state index contributed by atoms with van der Waals surface area (Å²) in [6.45, 7) is 0. The van der Waals surface area contributed by atoms with Gasteiger partial charge in [-0.05, 0) is 6.42 Å². The van der Waals surface area contributed by atoms with E-state index in [1.54, 1.807) is 0 Å². The van der Waals surface area contributed by atoms with Crippen molar-refractivity contribution in [1.29, 1.82) is 0 Å². The van der Waals surface area contributed by atoms with Crippen molar-refractivity contribution in [2.45, 2.75) is 128 Å². The normalized spacial score (nSPS) is 24.0. The van der Waals surface area contributed by atoms with Gasteiger partial charge in [-0.25, -0.2) is 0 Å². The fourth-order valence-electron chi connectivity index (χ4n) is 3.55. The second kappa shape index (κ2) is 16.4. The molecule has 0 aliphatic heterocycles. The predicted molar refractivity (Wildman–Crippen MR) is 96.6 cm³/mol.